The number of methoxy groups -OCH3 is 1. The molecule has 0 radical (unpaired) electrons. The Labute approximate surface area is 224 Å². The third-order valence-corrected chi connectivity index (χ3v) is 7.13. The topological polar surface area (TPSA) is 79.0 Å². The smallest absolute Gasteiger partial charge is 0.251 e. The van der Waals surface area contributed by atoms with Gasteiger partial charge in [0.05, 0.1) is 25.0 Å². The number of nitrogens with zero attached hydrogens (tertiary/aromatic N) is 2. The van der Waals surface area contributed by atoms with Gasteiger partial charge in [0.15, 0.2) is 5.78 Å². The summed E-state index contributed by atoms with van der Waals surface area (Å²) in [6, 6.07) is 16.6. The van der Waals surface area contributed by atoms with Gasteiger partial charge in [-0.25, -0.2) is 0 Å². The maximum Gasteiger partial charge on any atom is 0.251 e. The van der Waals surface area contributed by atoms with Crippen LogP contribution >= 0.6 is 0 Å². The Morgan fingerprint density at radius 3 is 2.47 bits per heavy atom. The van der Waals surface area contributed by atoms with Crippen molar-refractivity contribution in [1.82, 2.24) is 5.32 Å². The van der Waals surface area contributed by atoms with Gasteiger partial charge in [0.1, 0.15) is 11.8 Å². The second-order valence-electron chi connectivity index (χ2n) is 10.2. The lowest BCUT2D eigenvalue weighted by atomic mass is 9.99. The van der Waals surface area contributed by atoms with Crippen LogP contribution in [-0.2, 0) is 16.1 Å². The number of carbonyl (C=O) groups is 3. The number of amides is 2. The summed E-state index contributed by atoms with van der Waals surface area (Å²) in [5.41, 5.74) is 3.25. The molecule has 0 spiro atoms. The molecule has 200 valence electrons. The minimum absolute atomic E-state index is 0.00296. The Morgan fingerprint density at radius 1 is 1.08 bits per heavy atom. The third kappa shape index (κ3) is 5.52. The normalized spacial score (nSPS) is 15.4. The Morgan fingerprint density at radius 2 is 1.82 bits per heavy atom. The second kappa shape index (κ2) is 11.7. The molecule has 7 heteroatoms. The summed E-state index contributed by atoms with van der Waals surface area (Å²) < 4.78 is 5.74. The van der Waals surface area contributed by atoms with E-state index in [1.165, 1.54) is 0 Å². The number of Topliss-reactive ketones (excluding diaryl/α,β-unsaturated/α-hetero) is 1. The van der Waals surface area contributed by atoms with Gasteiger partial charge in [-0.2, -0.15) is 0 Å². The number of unbranched alkanes of at least 4 members (excludes halogenated alkanes) is 1. The fourth-order valence-electron chi connectivity index (χ4n) is 4.94. The van der Waals surface area contributed by atoms with Crippen molar-refractivity contribution >= 4 is 39.7 Å². The molecule has 0 unspecified atom stereocenters. The monoisotopic (exact) mass is 515 g/mol. The SMILES string of the molecule is CCCCN1C[C@H](NC(=O)C(C)C)C(=O)N(Cc2c(OC)ccc3cc(C(C)=O)ccc23)c2ccccc21. The number of rotatable bonds is 9. The molecule has 1 N–H and O–H groups in total. The summed E-state index contributed by atoms with van der Waals surface area (Å²) >= 11 is 0. The molecule has 0 aromatic heterocycles. The first-order valence-electron chi connectivity index (χ1n) is 13.3. The van der Waals surface area contributed by atoms with Crippen LogP contribution in [0.25, 0.3) is 10.8 Å². The van der Waals surface area contributed by atoms with Gasteiger partial charge in [-0.3, -0.25) is 14.4 Å². The van der Waals surface area contributed by atoms with Gasteiger partial charge in [-0.1, -0.05) is 57.5 Å². The van der Waals surface area contributed by atoms with E-state index in [2.05, 4.69) is 17.1 Å². The maximum absolute atomic E-state index is 14.2. The molecular formula is C31H37N3O4. The lowest BCUT2D eigenvalue weighted by molar-refractivity contribution is -0.129. The molecule has 1 atom stereocenters. The minimum atomic E-state index is -0.695. The molecule has 2 amide bonds. The van der Waals surface area contributed by atoms with E-state index in [-0.39, 0.29) is 30.1 Å². The zero-order chi connectivity index (χ0) is 27.4. The summed E-state index contributed by atoms with van der Waals surface area (Å²) in [6.07, 6.45) is 2.00. The summed E-state index contributed by atoms with van der Waals surface area (Å²) in [4.78, 5) is 42.9. The molecule has 1 aliphatic heterocycles. The number of nitrogens with one attached hydrogen (secondary N) is 1. The Kier molecular flexibility index (Phi) is 8.35. The first-order chi connectivity index (χ1) is 18.2. The molecule has 3 aromatic rings. The third-order valence-electron chi connectivity index (χ3n) is 7.13. The van der Waals surface area contributed by atoms with Crippen LogP contribution in [-0.4, -0.2) is 43.8 Å². The number of ether oxygens (including phenoxy) is 1. The fraction of sp³-hybridized carbons (Fsp3) is 0.387. The van der Waals surface area contributed by atoms with Crippen LogP contribution in [0.2, 0.25) is 0 Å². The van der Waals surface area contributed by atoms with Crippen molar-refractivity contribution in [1.29, 1.82) is 0 Å². The van der Waals surface area contributed by atoms with Crippen LogP contribution in [0.1, 0.15) is 56.5 Å². The van der Waals surface area contributed by atoms with Crippen LogP contribution in [0.4, 0.5) is 11.4 Å². The highest BCUT2D eigenvalue weighted by atomic mass is 16.5. The Hall–Kier alpha value is -3.87. The minimum Gasteiger partial charge on any atom is -0.496 e. The van der Waals surface area contributed by atoms with Gasteiger partial charge in [0.25, 0.3) is 5.91 Å². The van der Waals surface area contributed by atoms with E-state index in [0.717, 1.165) is 47.1 Å². The lowest BCUT2D eigenvalue weighted by Crippen LogP contribution is -2.53. The molecule has 0 aliphatic carbocycles. The second-order valence-corrected chi connectivity index (χ2v) is 10.2. The molecule has 0 fully saturated rings. The quantitative estimate of drug-likeness (QED) is 0.389. The van der Waals surface area contributed by atoms with Crippen LogP contribution in [0, 0.1) is 5.92 Å². The fourth-order valence-corrected chi connectivity index (χ4v) is 4.94. The molecule has 3 aromatic carbocycles. The number of fused-ring (bicyclic) bond motifs is 2. The zero-order valence-corrected chi connectivity index (χ0v) is 22.9. The van der Waals surface area contributed by atoms with Crippen LogP contribution in [0.15, 0.2) is 54.6 Å². The van der Waals surface area contributed by atoms with Crippen molar-refractivity contribution in [2.75, 3.05) is 30.0 Å². The Balaban J connectivity index is 1.84. The number of carbonyl (C=O) groups excluding carboxylic acids is 3. The molecule has 4 rings (SSSR count). The van der Waals surface area contributed by atoms with Gasteiger partial charge in [-0.15, -0.1) is 0 Å². The first-order valence-corrected chi connectivity index (χ1v) is 13.3. The lowest BCUT2D eigenvalue weighted by Gasteiger charge is -2.27. The maximum atomic E-state index is 14.2. The van der Waals surface area contributed by atoms with Crippen molar-refractivity contribution < 1.29 is 19.1 Å². The molecule has 0 saturated carbocycles. The van der Waals surface area contributed by atoms with Crippen LogP contribution in [0.3, 0.4) is 0 Å². The summed E-state index contributed by atoms with van der Waals surface area (Å²) in [5.74, 6) is 0.110. The average molecular weight is 516 g/mol. The molecule has 7 nitrogen and oxygen atoms in total. The van der Waals surface area contributed by atoms with Crippen LogP contribution < -0.4 is 19.9 Å². The van der Waals surface area contributed by atoms with Crippen LogP contribution in [0.5, 0.6) is 5.75 Å². The largest absolute Gasteiger partial charge is 0.496 e. The number of hydrogen-bond acceptors (Lipinski definition) is 5. The molecule has 0 bridgehead atoms. The van der Waals surface area contributed by atoms with Gasteiger partial charge in [0, 0.05) is 30.1 Å². The highest BCUT2D eigenvalue weighted by Crippen LogP contribution is 2.37. The van der Waals surface area contributed by atoms with E-state index in [1.54, 1.807) is 18.9 Å². The summed E-state index contributed by atoms with van der Waals surface area (Å²) in [6.45, 7) is 8.79. The number of benzene rings is 3. The molecule has 1 aliphatic rings. The molecule has 1 heterocycles. The number of para-hydroxylation sites is 2. The number of hydrogen-bond donors (Lipinski definition) is 1. The standard InChI is InChI=1S/C31H37N3O4/c1-6-7-16-33-19-26(32-30(36)20(2)3)31(37)34(28-11-9-8-10-27(28)33)18-25-24-14-12-22(21(4)35)17-23(24)13-15-29(25)38-5/h8-15,17,20,26H,6-7,16,18-19H2,1-5H3,(H,32,36)/t26-/m0/s1. The number of anilines is 2. The van der Waals surface area contributed by atoms with Crippen molar-refractivity contribution in [2.24, 2.45) is 5.92 Å². The van der Waals surface area contributed by atoms with Gasteiger partial charge in [-0.05, 0) is 48.4 Å². The Bertz CT molecular complexity index is 1350. The van der Waals surface area contributed by atoms with E-state index in [9.17, 15) is 14.4 Å². The molecule has 38 heavy (non-hydrogen) atoms. The summed E-state index contributed by atoms with van der Waals surface area (Å²) in [7, 11) is 1.62. The highest BCUT2D eigenvalue weighted by Gasteiger charge is 2.35. The van der Waals surface area contributed by atoms with E-state index >= 15 is 0 Å². The van der Waals surface area contributed by atoms with Crippen molar-refractivity contribution in [3.05, 3.63) is 65.7 Å². The average Bonchev–Trinajstić information content (AvgIpc) is 3.02. The molecule has 0 saturated heterocycles. The highest BCUT2D eigenvalue weighted by molar-refractivity contribution is 6.04. The first kappa shape index (κ1) is 27.2. The van der Waals surface area contributed by atoms with E-state index in [1.807, 2.05) is 68.4 Å². The number of ketones is 1. The predicted octanol–water partition coefficient (Wildman–Crippen LogP) is 5.35. The van der Waals surface area contributed by atoms with E-state index < -0.39 is 6.04 Å². The van der Waals surface area contributed by atoms with Crippen molar-refractivity contribution in [3.8, 4) is 5.75 Å². The van der Waals surface area contributed by atoms with Crippen molar-refractivity contribution in [3.63, 3.8) is 0 Å². The van der Waals surface area contributed by atoms with E-state index in [4.69, 9.17) is 4.74 Å². The predicted molar refractivity (Wildman–Crippen MR) is 152 cm³/mol. The van der Waals surface area contributed by atoms with Crippen molar-refractivity contribution in [2.45, 2.75) is 53.1 Å². The zero-order valence-electron chi connectivity index (χ0n) is 22.9. The van der Waals surface area contributed by atoms with Gasteiger partial charge >= 0.3 is 0 Å². The van der Waals surface area contributed by atoms with E-state index in [0.29, 0.717) is 17.9 Å². The summed E-state index contributed by atoms with van der Waals surface area (Å²) in [5, 5.41) is 4.82. The molecular weight excluding hydrogens is 478 g/mol. The van der Waals surface area contributed by atoms with Gasteiger partial charge < -0.3 is 19.9 Å². The van der Waals surface area contributed by atoms with Gasteiger partial charge in [0.2, 0.25) is 5.91 Å².